The molecule has 1 unspecified atom stereocenters. The lowest BCUT2D eigenvalue weighted by Gasteiger charge is -2.28. The van der Waals surface area contributed by atoms with Crippen LogP contribution >= 0.6 is 0 Å². The van der Waals surface area contributed by atoms with Crippen molar-refractivity contribution in [2.45, 2.75) is 18.1 Å². The molecule has 11 heavy (non-hydrogen) atoms. The molecule has 2 bridgehead atoms. The van der Waals surface area contributed by atoms with Crippen molar-refractivity contribution in [1.29, 1.82) is 0 Å². The van der Waals surface area contributed by atoms with E-state index in [2.05, 4.69) is 0 Å². The van der Waals surface area contributed by atoms with Crippen LogP contribution in [0.25, 0.3) is 0 Å². The van der Waals surface area contributed by atoms with E-state index < -0.39 is 0 Å². The maximum Gasteiger partial charge on any atom is 0.165 e. The average molecular weight is 188 g/mol. The fourth-order valence-electron chi connectivity index (χ4n) is 2.33. The van der Waals surface area contributed by atoms with Crippen LogP contribution in [0.4, 0.5) is 0 Å². The van der Waals surface area contributed by atoms with Crippen LogP contribution in [0, 0.1) is 5.92 Å². The second kappa shape index (κ2) is 2.59. The van der Waals surface area contributed by atoms with Crippen molar-refractivity contribution in [3.8, 4) is 0 Å². The van der Waals surface area contributed by atoms with Gasteiger partial charge in [-0.3, -0.25) is 0 Å². The molecule has 0 aromatic heterocycles. The van der Waals surface area contributed by atoms with Gasteiger partial charge in [-0.25, -0.2) is 0 Å². The lowest BCUT2D eigenvalue weighted by atomic mass is 10.3. The van der Waals surface area contributed by atoms with Crippen molar-refractivity contribution in [3.63, 3.8) is 0 Å². The molecular weight excluding hydrogens is 172 g/mol. The molecule has 1 saturated carbocycles. The van der Waals surface area contributed by atoms with Gasteiger partial charge in [0.15, 0.2) is 34.0 Å². The molecule has 1 atom stereocenters. The van der Waals surface area contributed by atoms with Crippen LogP contribution in [0.15, 0.2) is 0 Å². The van der Waals surface area contributed by atoms with E-state index in [4.69, 9.17) is 0 Å². The summed E-state index contributed by atoms with van der Waals surface area (Å²) in [5, 5.41) is 1.24. The van der Waals surface area contributed by atoms with E-state index in [1.165, 1.54) is 11.2 Å². The lowest BCUT2D eigenvalue weighted by molar-refractivity contribution is 0.805. The number of hydrogen-bond donors (Lipinski definition) is 0. The van der Waals surface area contributed by atoms with E-state index >= 15 is 0 Å². The number of fused-ring (bicyclic) bond motifs is 3. The lowest BCUT2D eigenvalue weighted by Crippen LogP contribution is -2.51. The molecule has 2 heteroatoms. The molecule has 3 aliphatic heterocycles. The summed E-state index contributed by atoms with van der Waals surface area (Å²) in [5.41, 5.74) is 0. The van der Waals surface area contributed by atoms with Crippen molar-refractivity contribution in [3.05, 3.63) is 0 Å². The van der Waals surface area contributed by atoms with E-state index in [0.717, 1.165) is 21.8 Å². The van der Waals surface area contributed by atoms with Gasteiger partial charge < -0.3 is 0 Å². The van der Waals surface area contributed by atoms with Gasteiger partial charge in [0, 0.05) is 27.7 Å². The van der Waals surface area contributed by atoms with Crippen LogP contribution in [-0.4, -0.2) is 34.0 Å². The summed E-state index contributed by atoms with van der Waals surface area (Å²) in [5.74, 6) is 9.37. The fraction of sp³-hybridized carbons (Fsp3) is 1.00. The molecule has 4 rings (SSSR count). The van der Waals surface area contributed by atoms with Gasteiger partial charge in [-0.1, -0.05) is 0 Å². The van der Waals surface area contributed by atoms with E-state index in [-0.39, 0.29) is 0 Å². The van der Waals surface area contributed by atoms with Gasteiger partial charge in [-0.05, 0) is 12.8 Å². The van der Waals surface area contributed by atoms with Crippen molar-refractivity contribution in [2.24, 2.45) is 5.92 Å². The zero-order valence-electron chi connectivity index (χ0n) is 6.92. The van der Waals surface area contributed by atoms with E-state index in [0.29, 0.717) is 0 Å². The van der Waals surface area contributed by atoms with Crippen LogP contribution in [0.2, 0.25) is 0 Å². The molecule has 0 aromatic carbocycles. The maximum absolute atomic E-state index is 1.66. The summed E-state index contributed by atoms with van der Waals surface area (Å²) in [6, 6.07) is 0. The van der Waals surface area contributed by atoms with Crippen LogP contribution in [-0.2, 0) is 21.8 Å². The minimum Gasteiger partial charge on any atom is -0.0450 e. The second-order valence-corrected chi connectivity index (χ2v) is 8.88. The summed E-state index contributed by atoms with van der Waals surface area (Å²) in [4.78, 5) is 0. The summed E-state index contributed by atoms with van der Waals surface area (Å²) in [6.07, 6.45) is 3.18. The molecule has 1 aliphatic carbocycles. The normalized spacial score (nSPS) is 49.6. The monoisotopic (exact) mass is 188 g/mol. The van der Waals surface area contributed by atoms with Crippen molar-refractivity contribution < 1.29 is 0 Å². The Morgan fingerprint density at radius 3 is 2.09 bits per heavy atom. The first-order valence-electron chi connectivity index (χ1n) is 4.74. The minimum absolute atomic E-state index is 0.911. The summed E-state index contributed by atoms with van der Waals surface area (Å²) in [7, 11) is 1.83. The largest absolute Gasteiger partial charge is 0.165 e. The van der Waals surface area contributed by atoms with Gasteiger partial charge in [-0.15, -0.1) is 0 Å². The Balaban J connectivity index is 1.75. The van der Waals surface area contributed by atoms with Gasteiger partial charge >= 0.3 is 0 Å². The van der Waals surface area contributed by atoms with E-state index in [1.807, 2.05) is 0 Å². The van der Waals surface area contributed by atoms with Gasteiger partial charge in [0.05, 0.1) is 0 Å². The van der Waals surface area contributed by atoms with Crippen LogP contribution in [0.5, 0.6) is 0 Å². The van der Waals surface area contributed by atoms with Gasteiger partial charge in [0.2, 0.25) is 0 Å². The third-order valence-electron chi connectivity index (χ3n) is 3.24. The standard InChI is InChI=1S/C9H16S2/c1-2-8(1)9-7-10-3-5-11(9)6-4-10/h8-9H,1-7H2/q+2. The van der Waals surface area contributed by atoms with Crippen LogP contribution in [0.3, 0.4) is 0 Å². The molecule has 62 valence electrons. The average Bonchev–Trinajstić information content (AvgIpc) is 2.89. The molecule has 0 radical (unpaired) electrons. The molecule has 0 spiro atoms. The van der Waals surface area contributed by atoms with Crippen molar-refractivity contribution in [2.75, 3.05) is 28.8 Å². The highest BCUT2D eigenvalue weighted by Crippen LogP contribution is 2.41. The highest BCUT2D eigenvalue weighted by Gasteiger charge is 2.55. The maximum atomic E-state index is 1.66. The first-order chi connectivity index (χ1) is 5.43. The molecule has 0 amide bonds. The molecule has 4 aliphatic rings. The minimum atomic E-state index is 0.911. The zero-order chi connectivity index (χ0) is 7.26. The topological polar surface area (TPSA) is 0 Å². The van der Waals surface area contributed by atoms with Crippen LogP contribution < -0.4 is 0 Å². The molecular formula is C9H16S2+2. The summed E-state index contributed by atoms with van der Waals surface area (Å²) < 4.78 is 0. The van der Waals surface area contributed by atoms with Gasteiger partial charge in [-0.2, -0.15) is 0 Å². The summed E-state index contributed by atoms with van der Waals surface area (Å²) >= 11 is 0. The third kappa shape index (κ3) is 1.23. The fourth-order valence-corrected chi connectivity index (χ4v) is 10.2. The highest BCUT2D eigenvalue weighted by molar-refractivity contribution is 8.07. The number of rotatable bonds is 1. The molecule has 3 saturated heterocycles. The molecule has 0 N–H and O–H groups in total. The first-order valence-corrected chi connectivity index (χ1v) is 8.10. The Morgan fingerprint density at radius 2 is 1.64 bits per heavy atom. The predicted molar refractivity (Wildman–Crippen MR) is 55.6 cm³/mol. The van der Waals surface area contributed by atoms with Crippen molar-refractivity contribution in [1.82, 2.24) is 0 Å². The van der Waals surface area contributed by atoms with E-state index in [1.54, 1.807) is 41.6 Å². The Kier molecular flexibility index (Phi) is 1.68. The van der Waals surface area contributed by atoms with E-state index in [9.17, 15) is 0 Å². The highest BCUT2D eigenvalue weighted by atomic mass is 32.2. The first kappa shape index (κ1) is 7.14. The molecule has 4 fully saturated rings. The third-order valence-corrected chi connectivity index (χ3v) is 9.23. The predicted octanol–water partition coefficient (Wildman–Crippen LogP) is 1.03. The van der Waals surface area contributed by atoms with Gasteiger partial charge in [0.1, 0.15) is 0 Å². The quantitative estimate of drug-likeness (QED) is 0.539. The Hall–Kier alpha value is 0.700. The number of hydrogen-bond acceptors (Lipinski definition) is 0. The van der Waals surface area contributed by atoms with Crippen LogP contribution in [0.1, 0.15) is 12.8 Å². The molecule has 0 nitrogen and oxygen atoms in total. The van der Waals surface area contributed by atoms with Gasteiger partial charge in [0.25, 0.3) is 0 Å². The SMILES string of the molecule is C1CC1C1C[S+]2CC[S+]1CC2. The Bertz CT molecular complexity index is 157. The Morgan fingerprint density at radius 1 is 0.909 bits per heavy atom. The molecule has 3 heterocycles. The molecule has 0 aromatic rings. The second-order valence-electron chi connectivity index (χ2n) is 4.01. The zero-order valence-corrected chi connectivity index (χ0v) is 8.55. The van der Waals surface area contributed by atoms with Crippen molar-refractivity contribution >= 4 is 21.8 Å². The smallest absolute Gasteiger partial charge is 0.0450 e. The summed E-state index contributed by atoms with van der Waals surface area (Å²) in [6.45, 7) is 0. The Labute approximate surface area is 74.8 Å².